The molecule has 0 bridgehead atoms. The third-order valence-electron chi connectivity index (χ3n) is 3.09. The van der Waals surface area contributed by atoms with Crippen molar-refractivity contribution >= 4 is 17.4 Å². The number of rotatable bonds is 5. The van der Waals surface area contributed by atoms with Crippen LogP contribution in [0, 0.1) is 11.6 Å². The van der Waals surface area contributed by atoms with Crippen LogP contribution in [0.5, 0.6) is 0 Å². The largest absolute Gasteiger partial charge is 0.333 e. The van der Waals surface area contributed by atoms with Crippen molar-refractivity contribution in [3.63, 3.8) is 0 Å². The molecule has 0 aliphatic rings. The first-order valence-electron chi connectivity index (χ1n) is 6.90. The van der Waals surface area contributed by atoms with E-state index in [2.05, 4.69) is 26.2 Å². The van der Waals surface area contributed by atoms with Gasteiger partial charge in [0.05, 0.1) is 18.8 Å². The standard InChI is InChI=1S/C14H12F2N6OS/c15-11-4-3-9(6-12(11)16)22-13(19-20-21-22)8-18-14(23)17-7-10-2-1-5-24-10/h1-6H,7-8H2,(H2,17,18,23). The maximum atomic E-state index is 13.3. The summed E-state index contributed by atoms with van der Waals surface area (Å²) in [5.74, 6) is -1.68. The minimum Gasteiger partial charge on any atom is -0.333 e. The Morgan fingerprint density at radius 3 is 2.75 bits per heavy atom. The molecule has 3 rings (SSSR count). The van der Waals surface area contributed by atoms with Crippen LogP contribution in [-0.4, -0.2) is 26.2 Å². The van der Waals surface area contributed by atoms with Crippen LogP contribution in [0.25, 0.3) is 5.69 Å². The lowest BCUT2D eigenvalue weighted by molar-refractivity contribution is 0.240. The summed E-state index contributed by atoms with van der Waals surface area (Å²) in [7, 11) is 0. The van der Waals surface area contributed by atoms with Crippen molar-refractivity contribution in [1.82, 2.24) is 30.8 Å². The van der Waals surface area contributed by atoms with Gasteiger partial charge in [-0.3, -0.25) is 0 Å². The van der Waals surface area contributed by atoms with Crippen LogP contribution < -0.4 is 10.6 Å². The second-order valence-corrected chi connectivity index (χ2v) is 5.75. The molecule has 0 atom stereocenters. The van der Waals surface area contributed by atoms with E-state index in [1.165, 1.54) is 22.1 Å². The van der Waals surface area contributed by atoms with E-state index < -0.39 is 11.6 Å². The fraction of sp³-hybridized carbons (Fsp3) is 0.143. The van der Waals surface area contributed by atoms with E-state index >= 15 is 0 Å². The molecule has 2 heterocycles. The zero-order chi connectivity index (χ0) is 16.9. The van der Waals surface area contributed by atoms with Crippen molar-refractivity contribution in [2.45, 2.75) is 13.1 Å². The van der Waals surface area contributed by atoms with E-state index in [-0.39, 0.29) is 24.1 Å². The fourth-order valence-corrected chi connectivity index (χ4v) is 2.58. The first-order chi connectivity index (χ1) is 11.6. The second-order valence-electron chi connectivity index (χ2n) is 4.72. The fourth-order valence-electron chi connectivity index (χ4n) is 1.94. The van der Waals surface area contributed by atoms with Crippen molar-refractivity contribution < 1.29 is 13.6 Å². The van der Waals surface area contributed by atoms with Crippen molar-refractivity contribution in [2.24, 2.45) is 0 Å². The molecule has 0 fully saturated rings. The number of tetrazole rings is 1. The van der Waals surface area contributed by atoms with E-state index in [4.69, 9.17) is 0 Å². The van der Waals surface area contributed by atoms with Gasteiger partial charge in [0.15, 0.2) is 17.5 Å². The number of aromatic nitrogens is 4. The Bertz CT molecular complexity index is 836. The van der Waals surface area contributed by atoms with Gasteiger partial charge in [-0.25, -0.2) is 13.6 Å². The zero-order valence-electron chi connectivity index (χ0n) is 12.2. The van der Waals surface area contributed by atoms with Gasteiger partial charge in [0.1, 0.15) is 0 Å². The van der Waals surface area contributed by atoms with Gasteiger partial charge < -0.3 is 10.6 Å². The van der Waals surface area contributed by atoms with E-state index in [0.29, 0.717) is 6.54 Å². The zero-order valence-corrected chi connectivity index (χ0v) is 13.1. The molecule has 0 aliphatic heterocycles. The highest BCUT2D eigenvalue weighted by Crippen LogP contribution is 2.13. The van der Waals surface area contributed by atoms with E-state index in [0.717, 1.165) is 17.0 Å². The molecular formula is C14H12F2N6OS. The predicted molar refractivity (Wildman–Crippen MR) is 82.5 cm³/mol. The third kappa shape index (κ3) is 3.71. The number of benzene rings is 1. The quantitative estimate of drug-likeness (QED) is 0.737. The van der Waals surface area contributed by atoms with Crippen LogP contribution >= 0.6 is 11.3 Å². The van der Waals surface area contributed by atoms with Gasteiger partial charge in [-0.15, -0.1) is 16.4 Å². The highest BCUT2D eigenvalue weighted by molar-refractivity contribution is 7.09. The molecule has 0 saturated carbocycles. The molecule has 0 saturated heterocycles. The predicted octanol–water partition coefficient (Wildman–Crippen LogP) is 2.00. The number of hydrogen-bond donors (Lipinski definition) is 2. The molecule has 2 N–H and O–H groups in total. The summed E-state index contributed by atoms with van der Waals surface area (Å²) in [4.78, 5) is 12.8. The smallest absolute Gasteiger partial charge is 0.315 e. The van der Waals surface area contributed by atoms with Crippen molar-refractivity contribution in [1.29, 1.82) is 0 Å². The topological polar surface area (TPSA) is 84.7 Å². The normalized spacial score (nSPS) is 10.6. The summed E-state index contributed by atoms with van der Waals surface area (Å²) in [6, 6.07) is 6.73. The molecule has 124 valence electrons. The first kappa shape index (κ1) is 16.0. The molecule has 3 aromatic rings. The van der Waals surface area contributed by atoms with Crippen LogP contribution in [0.1, 0.15) is 10.7 Å². The molecule has 24 heavy (non-hydrogen) atoms. The number of nitrogens with zero attached hydrogens (tertiary/aromatic N) is 4. The van der Waals surface area contributed by atoms with Crippen LogP contribution in [-0.2, 0) is 13.1 Å². The number of carbonyl (C=O) groups is 1. The van der Waals surface area contributed by atoms with Gasteiger partial charge in [0, 0.05) is 10.9 Å². The Morgan fingerprint density at radius 1 is 1.17 bits per heavy atom. The van der Waals surface area contributed by atoms with Gasteiger partial charge >= 0.3 is 6.03 Å². The number of halogens is 2. The molecular weight excluding hydrogens is 338 g/mol. The van der Waals surface area contributed by atoms with Crippen molar-refractivity contribution in [3.8, 4) is 5.69 Å². The lowest BCUT2D eigenvalue weighted by Gasteiger charge is -2.07. The number of urea groups is 1. The molecule has 10 heteroatoms. The Kier molecular flexibility index (Phi) is 4.75. The average molecular weight is 350 g/mol. The number of carbonyl (C=O) groups excluding carboxylic acids is 1. The summed E-state index contributed by atoms with van der Waals surface area (Å²) in [6.07, 6.45) is 0. The van der Waals surface area contributed by atoms with Gasteiger partial charge in [-0.2, -0.15) is 4.68 Å². The van der Waals surface area contributed by atoms with Gasteiger partial charge in [-0.05, 0) is 34.0 Å². The van der Waals surface area contributed by atoms with Crippen molar-refractivity contribution in [2.75, 3.05) is 0 Å². The van der Waals surface area contributed by atoms with Crippen LogP contribution in [0.4, 0.5) is 13.6 Å². The minimum absolute atomic E-state index is 0.0300. The Labute approximate surface area is 139 Å². The number of thiophene rings is 1. The van der Waals surface area contributed by atoms with E-state index in [9.17, 15) is 13.6 Å². The Morgan fingerprint density at radius 2 is 2.00 bits per heavy atom. The third-order valence-corrected chi connectivity index (χ3v) is 3.97. The maximum absolute atomic E-state index is 13.3. The molecule has 0 spiro atoms. The molecule has 1 aromatic carbocycles. The molecule has 2 amide bonds. The lowest BCUT2D eigenvalue weighted by Crippen LogP contribution is -2.35. The van der Waals surface area contributed by atoms with Crippen LogP contribution in [0.15, 0.2) is 35.7 Å². The molecule has 0 radical (unpaired) electrons. The Balaban J connectivity index is 1.61. The monoisotopic (exact) mass is 350 g/mol. The molecule has 0 aliphatic carbocycles. The highest BCUT2D eigenvalue weighted by Gasteiger charge is 2.12. The molecule has 7 nitrogen and oxygen atoms in total. The summed E-state index contributed by atoms with van der Waals surface area (Å²) >= 11 is 1.54. The van der Waals surface area contributed by atoms with Gasteiger partial charge in [-0.1, -0.05) is 6.07 Å². The van der Waals surface area contributed by atoms with Gasteiger partial charge in [0.25, 0.3) is 0 Å². The number of nitrogens with one attached hydrogen (secondary N) is 2. The lowest BCUT2D eigenvalue weighted by atomic mass is 10.3. The SMILES string of the molecule is O=C(NCc1cccs1)NCc1nnnn1-c1ccc(F)c(F)c1. The van der Waals surface area contributed by atoms with Crippen molar-refractivity contribution in [3.05, 3.63) is 58.0 Å². The summed E-state index contributed by atoms with van der Waals surface area (Å²) in [5.41, 5.74) is 0.259. The minimum atomic E-state index is -1.00. The molecule has 0 unspecified atom stereocenters. The number of amides is 2. The first-order valence-corrected chi connectivity index (χ1v) is 7.78. The average Bonchev–Trinajstić information content (AvgIpc) is 3.25. The summed E-state index contributed by atoms with van der Waals surface area (Å²) in [6.45, 7) is 0.444. The highest BCUT2D eigenvalue weighted by atomic mass is 32.1. The second kappa shape index (κ2) is 7.13. The summed E-state index contributed by atoms with van der Waals surface area (Å²) < 4.78 is 27.5. The molecule has 2 aromatic heterocycles. The van der Waals surface area contributed by atoms with Crippen LogP contribution in [0.2, 0.25) is 0 Å². The van der Waals surface area contributed by atoms with E-state index in [1.807, 2.05) is 17.5 Å². The van der Waals surface area contributed by atoms with E-state index in [1.54, 1.807) is 0 Å². The Hall–Kier alpha value is -2.88. The number of hydrogen-bond acceptors (Lipinski definition) is 5. The maximum Gasteiger partial charge on any atom is 0.315 e. The van der Waals surface area contributed by atoms with Crippen LogP contribution in [0.3, 0.4) is 0 Å². The van der Waals surface area contributed by atoms with Gasteiger partial charge in [0.2, 0.25) is 0 Å². The summed E-state index contributed by atoms with van der Waals surface area (Å²) in [5, 5.41) is 18.2.